The lowest BCUT2D eigenvalue weighted by Gasteiger charge is -2.06. The van der Waals surface area contributed by atoms with Crippen molar-refractivity contribution in [1.29, 1.82) is 0 Å². The zero-order valence-electron chi connectivity index (χ0n) is 10.8. The topological polar surface area (TPSA) is 81.7 Å². The summed E-state index contributed by atoms with van der Waals surface area (Å²) < 4.78 is 2.02. The van der Waals surface area contributed by atoms with Gasteiger partial charge < -0.3 is 11.1 Å². The fourth-order valence-electron chi connectivity index (χ4n) is 1.68. The summed E-state index contributed by atoms with van der Waals surface area (Å²) in [5, 5.41) is 14.4. The molecule has 0 saturated heterocycles. The minimum absolute atomic E-state index is 0.0463. The van der Waals surface area contributed by atoms with E-state index in [1.165, 1.54) is 0 Å². The van der Waals surface area contributed by atoms with Gasteiger partial charge in [0.25, 0.3) is 0 Å². The standard InChI is InChI=1S/C11H18N6S/c1-4-13-11-16-15-9(17(11)5-2)8-6-18-10(14-8)7(3)12/h6-7H,4-5,12H2,1-3H3,(H,13,16). The van der Waals surface area contributed by atoms with Crippen molar-refractivity contribution in [1.82, 2.24) is 19.7 Å². The Bertz CT molecular complexity index is 515. The molecule has 2 aromatic rings. The Morgan fingerprint density at radius 3 is 2.78 bits per heavy atom. The second-order valence-corrected chi connectivity index (χ2v) is 4.87. The predicted octanol–water partition coefficient (Wildman–Crippen LogP) is 1.87. The van der Waals surface area contributed by atoms with Crippen molar-refractivity contribution in [2.75, 3.05) is 11.9 Å². The molecule has 6 nitrogen and oxygen atoms in total. The molecule has 0 saturated carbocycles. The van der Waals surface area contributed by atoms with Gasteiger partial charge in [0.15, 0.2) is 5.82 Å². The SMILES string of the molecule is CCNc1nnc(-c2csc(C(C)N)n2)n1CC. The lowest BCUT2D eigenvalue weighted by molar-refractivity contribution is 0.765. The monoisotopic (exact) mass is 266 g/mol. The third kappa shape index (κ3) is 2.37. The number of aromatic nitrogens is 4. The van der Waals surface area contributed by atoms with E-state index in [2.05, 4.69) is 27.4 Å². The van der Waals surface area contributed by atoms with E-state index in [1.807, 2.05) is 23.8 Å². The van der Waals surface area contributed by atoms with Gasteiger partial charge in [-0.15, -0.1) is 21.5 Å². The Balaban J connectivity index is 2.37. The molecule has 2 aromatic heterocycles. The van der Waals surface area contributed by atoms with Gasteiger partial charge in [-0.25, -0.2) is 4.98 Å². The van der Waals surface area contributed by atoms with E-state index in [1.54, 1.807) is 11.3 Å². The Labute approximate surface area is 110 Å². The molecule has 2 rings (SSSR count). The fraction of sp³-hybridized carbons (Fsp3) is 0.545. The summed E-state index contributed by atoms with van der Waals surface area (Å²) in [6.45, 7) is 7.64. The fourth-order valence-corrected chi connectivity index (χ4v) is 2.44. The number of anilines is 1. The number of nitrogens with zero attached hydrogens (tertiary/aromatic N) is 4. The normalized spacial score (nSPS) is 12.7. The number of hydrogen-bond donors (Lipinski definition) is 2. The Hall–Kier alpha value is -1.47. The zero-order chi connectivity index (χ0) is 13.1. The van der Waals surface area contributed by atoms with E-state index in [-0.39, 0.29) is 6.04 Å². The molecule has 1 unspecified atom stereocenters. The molecule has 0 aromatic carbocycles. The minimum Gasteiger partial charge on any atom is -0.355 e. The zero-order valence-corrected chi connectivity index (χ0v) is 11.7. The van der Waals surface area contributed by atoms with Crippen molar-refractivity contribution in [3.8, 4) is 11.5 Å². The first-order valence-corrected chi connectivity index (χ1v) is 6.93. The van der Waals surface area contributed by atoms with Crippen LogP contribution in [0, 0.1) is 0 Å². The third-order valence-electron chi connectivity index (χ3n) is 2.54. The van der Waals surface area contributed by atoms with Crippen LogP contribution in [0.25, 0.3) is 11.5 Å². The van der Waals surface area contributed by atoms with Crippen LogP contribution in [0.2, 0.25) is 0 Å². The van der Waals surface area contributed by atoms with Gasteiger partial charge in [-0.3, -0.25) is 4.57 Å². The molecule has 0 aliphatic heterocycles. The third-order valence-corrected chi connectivity index (χ3v) is 3.59. The van der Waals surface area contributed by atoms with Gasteiger partial charge >= 0.3 is 0 Å². The average Bonchev–Trinajstić information content (AvgIpc) is 2.94. The largest absolute Gasteiger partial charge is 0.355 e. The van der Waals surface area contributed by atoms with Crippen molar-refractivity contribution < 1.29 is 0 Å². The van der Waals surface area contributed by atoms with Crippen LogP contribution in [0.5, 0.6) is 0 Å². The first kappa shape index (κ1) is 13.0. The van der Waals surface area contributed by atoms with E-state index < -0.39 is 0 Å². The molecule has 0 aliphatic rings. The van der Waals surface area contributed by atoms with Gasteiger partial charge in [-0.05, 0) is 20.8 Å². The second-order valence-electron chi connectivity index (χ2n) is 3.98. The highest BCUT2D eigenvalue weighted by Gasteiger charge is 2.15. The van der Waals surface area contributed by atoms with Crippen LogP contribution in [0.1, 0.15) is 31.8 Å². The highest BCUT2D eigenvalue weighted by atomic mass is 32.1. The number of nitrogens with one attached hydrogen (secondary N) is 1. The molecule has 3 N–H and O–H groups in total. The van der Waals surface area contributed by atoms with E-state index in [9.17, 15) is 0 Å². The van der Waals surface area contributed by atoms with Gasteiger partial charge in [0.2, 0.25) is 5.95 Å². The predicted molar refractivity (Wildman–Crippen MR) is 73.6 cm³/mol. The molecule has 0 radical (unpaired) electrons. The molecule has 1 atom stereocenters. The van der Waals surface area contributed by atoms with Gasteiger partial charge in [-0.2, -0.15) is 0 Å². The van der Waals surface area contributed by atoms with E-state index in [4.69, 9.17) is 5.73 Å². The molecular weight excluding hydrogens is 248 g/mol. The van der Waals surface area contributed by atoms with Crippen LogP contribution < -0.4 is 11.1 Å². The maximum absolute atomic E-state index is 5.82. The van der Waals surface area contributed by atoms with Crippen molar-refractivity contribution >= 4 is 17.3 Å². The summed E-state index contributed by atoms with van der Waals surface area (Å²) in [5.41, 5.74) is 6.66. The van der Waals surface area contributed by atoms with Crippen LogP contribution in [0.15, 0.2) is 5.38 Å². The van der Waals surface area contributed by atoms with Crippen molar-refractivity contribution in [2.45, 2.75) is 33.4 Å². The number of rotatable bonds is 5. The first-order chi connectivity index (χ1) is 8.67. The Morgan fingerprint density at radius 2 is 2.22 bits per heavy atom. The van der Waals surface area contributed by atoms with Crippen LogP contribution in [0.4, 0.5) is 5.95 Å². The van der Waals surface area contributed by atoms with Gasteiger partial charge in [0.05, 0.1) is 6.04 Å². The molecule has 0 spiro atoms. The van der Waals surface area contributed by atoms with E-state index in [0.29, 0.717) is 0 Å². The maximum Gasteiger partial charge on any atom is 0.224 e. The van der Waals surface area contributed by atoms with Crippen LogP contribution in [-0.2, 0) is 6.54 Å². The molecule has 7 heteroatoms. The van der Waals surface area contributed by atoms with Crippen LogP contribution >= 0.6 is 11.3 Å². The Morgan fingerprint density at radius 1 is 1.44 bits per heavy atom. The lowest BCUT2D eigenvalue weighted by atomic mass is 10.4. The summed E-state index contributed by atoms with van der Waals surface area (Å²) in [7, 11) is 0. The molecule has 18 heavy (non-hydrogen) atoms. The molecular formula is C11H18N6S. The van der Waals surface area contributed by atoms with Gasteiger partial charge in [0.1, 0.15) is 10.7 Å². The molecule has 0 fully saturated rings. The number of thiazole rings is 1. The number of nitrogens with two attached hydrogens (primary N) is 1. The summed E-state index contributed by atoms with van der Waals surface area (Å²) in [5.74, 6) is 1.57. The van der Waals surface area contributed by atoms with Gasteiger partial charge in [-0.1, -0.05) is 0 Å². The quantitative estimate of drug-likeness (QED) is 0.863. The molecule has 0 amide bonds. The summed E-state index contributed by atoms with van der Waals surface area (Å²) in [6.07, 6.45) is 0. The molecule has 0 bridgehead atoms. The molecule has 98 valence electrons. The highest BCUT2D eigenvalue weighted by molar-refractivity contribution is 7.10. The van der Waals surface area contributed by atoms with E-state index >= 15 is 0 Å². The lowest BCUT2D eigenvalue weighted by Crippen LogP contribution is -2.07. The molecule has 0 aliphatic carbocycles. The summed E-state index contributed by atoms with van der Waals surface area (Å²) in [4.78, 5) is 4.50. The van der Waals surface area contributed by atoms with Crippen molar-refractivity contribution in [3.05, 3.63) is 10.4 Å². The smallest absolute Gasteiger partial charge is 0.224 e. The Kier molecular flexibility index (Phi) is 3.93. The van der Waals surface area contributed by atoms with Gasteiger partial charge in [0, 0.05) is 18.5 Å². The first-order valence-electron chi connectivity index (χ1n) is 6.05. The minimum atomic E-state index is -0.0463. The molecule has 2 heterocycles. The van der Waals surface area contributed by atoms with Crippen molar-refractivity contribution in [3.63, 3.8) is 0 Å². The summed E-state index contributed by atoms with van der Waals surface area (Å²) >= 11 is 1.56. The van der Waals surface area contributed by atoms with Crippen molar-refractivity contribution in [2.24, 2.45) is 5.73 Å². The van der Waals surface area contributed by atoms with Crippen LogP contribution in [0.3, 0.4) is 0 Å². The maximum atomic E-state index is 5.82. The average molecular weight is 266 g/mol. The number of hydrogen-bond acceptors (Lipinski definition) is 6. The highest BCUT2D eigenvalue weighted by Crippen LogP contribution is 2.24. The second kappa shape index (κ2) is 5.45. The summed E-state index contributed by atoms with van der Waals surface area (Å²) in [6, 6.07) is -0.0463. The van der Waals surface area contributed by atoms with Crippen LogP contribution in [-0.4, -0.2) is 26.3 Å². The van der Waals surface area contributed by atoms with E-state index in [0.717, 1.165) is 35.6 Å².